The van der Waals surface area contributed by atoms with E-state index in [2.05, 4.69) is 18.3 Å². The number of methoxy groups -OCH3 is 1. The molecule has 210 valence electrons. The van der Waals surface area contributed by atoms with E-state index in [0.717, 1.165) is 30.5 Å². The van der Waals surface area contributed by atoms with Gasteiger partial charge in [-0.3, -0.25) is 9.59 Å². The quantitative estimate of drug-likeness (QED) is 0.241. The van der Waals surface area contributed by atoms with Crippen molar-refractivity contribution < 1.29 is 24.2 Å². The number of rotatable bonds is 15. The van der Waals surface area contributed by atoms with E-state index in [4.69, 9.17) is 15.2 Å². The number of para-hydroxylation sites is 1. The van der Waals surface area contributed by atoms with Gasteiger partial charge in [0.25, 0.3) is 0 Å². The number of hydrogen-bond donors (Lipinski definition) is 3. The molecule has 1 aromatic carbocycles. The van der Waals surface area contributed by atoms with E-state index in [1.54, 1.807) is 7.11 Å². The predicted molar refractivity (Wildman–Crippen MR) is 147 cm³/mol. The Labute approximate surface area is 223 Å². The molecule has 0 unspecified atom stereocenters. The summed E-state index contributed by atoms with van der Waals surface area (Å²) in [6.07, 6.45) is 2.56. The summed E-state index contributed by atoms with van der Waals surface area (Å²) in [6, 6.07) is 7.44. The number of carbonyl (C=O) groups is 2. The Morgan fingerprint density at radius 1 is 1.27 bits per heavy atom. The molecule has 0 fully saturated rings. The van der Waals surface area contributed by atoms with Crippen LogP contribution in [-0.2, 0) is 25.5 Å². The van der Waals surface area contributed by atoms with E-state index < -0.39 is 17.6 Å². The third-order valence-corrected chi connectivity index (χ3v) is 7.22. The van der Waals surface area contributed by atoms with Gasteiger partial charge in [-0.2, -0.15) is 0 Å². The summed E-state index contributed by atoms with van der Waals surface area (Å²) in [5.41, 5.74) is 7.97. The lowest BCUT2D eigenvalue weighted by Gasteiger charge is -2.39. The van der Waals surface area contributed by atoms with Crippen molar-refractivity contribution in [2.45, 2.75) is 91.6 Å². The number of fused-ring (bicyclic) bond motifs is 1. The van der Waals surface area contributed by atoms with Gasteiger partial charge in [-0.25, -0.2) is 0 Å². The van der Waals surface area contributed by atoms with E-state index in [0.29, 0.717) is 32.5 Å². The second-order valence-electron chi connectivity index (χ2n) is 11.2. The van der Waals surface area contributed by atoms with Crippen LogP contribution in [0.15, 0.2) is 24.3 Å². The van der Waals surface area contributed by atoms with Crippen molar-refractivity contribution in [3.63, 3.8) is 0 Å². The molecule has 0 saturated carbocycles. The average molecular weight is 520 g/mol. The van der Waals surface area contributed by atoms with Gasteiger partial charge in [0.05, 0.1) is 6.10 Å². The first-order chi connectivity index (χ1) is 17.5. The van der Waals surface area contributed by atoms with Crippen LogP contribution in [0, 0.1) is 17.3 Å². The first kappa shape index (κ1) is 31.2. The fourth-order valence-electron chi connectivity index (χ4n) is 5.16. The standard InChI is InChI=1S/C29H49N3O5/c1-7-9-14-31-27(35)20(3)15-25(33)23(30)17-29(4,5)18-26(34)32-19-22(28(36-6)37-8-2)16-21-12-10-11-13-24(21)32/h10-13,20,22-23,25,28,33H,7-9,14-19,30H2,1-6H3,(H,31,35)/t20-,22+,23+,25+,28-/m1/s1. The van der Waals surface area contributed by atoms with Crippen LogP contribution in [0.2, 0.25) is 0 Å². The minimum atomic E-state index is -0.824. The summed E-state index contributed by atoms with van der Waals surface area (Å²) in [5, 5.41) is 13.6. The second kappa shape index (κ2) is 14.8. The fourth-order valence-corrected chi connectivity index (χ4v) is 5.16. The number of aliphatic hydroxyl groups is 1. The number of ether oxygens (including phenoxy) is 2. The molecule has 8 heteroatoms. The molecule has 0 aliphatic carbocycles. The monoisotopic (exact) mass is 519 g/mol. The van der Waals surface area contributed by atoms with E-state index >= 15 is 0 Å². The number of nitrogens with two attached hydrogens (primary N) is 1. The van der Waals surface area contributed by atoms with Crippen LogP contribution < -0.4 is 16.0 Å². The van der Waals surface area contributed by atoms with Crippen molar-refractivity contribution in [3.8, 4) is 0 Å². The van der Waals surface area contributed by atoms with Crippen molar-refractivity contribution >= 4 is 17.5 Å². The van der Waals surface area contributed by atoms with Gasteiger partial charge < -0.3 is 30.5 Å². The third kappa shape index (κ3) is 9.36. The topological polar surface area (TPSA) is 114 Å². The Morgan fingerprint density at radius 3 is 2.62 bits per heavy atom. The Morgan fingerprint density at radius 2 is 1.97 bits per heavy atom. The second-order valence-corrected chi connectivity index (χ2v) is 11.2. The zero-order valence-electron chi connectivity index (χ0n) is 23.7. The van der Waals surface area contributed by atoms with Gasteiger partial charge in [-0.1, -0.05) is 52.3 Å². The summed E-state index contributed by atoms with van der Waals surface area (Å²) in [6.45, 7) is 11.5. The maximum Gasteiger partial charge on any atom is 0.227 e. The molecule has 8 nitrogen and oxygen atoms in total. The van der Waals surface area contributed by atoms with Crippen LogP contribution >= 0.6 is 0 Å². The van der Waals surface area contributed by atoms with Crippen LogP contribution in [0.1, 0.15) is 72.3 Å². The lowest BCUT2D eigenvalue weighted by atomic mass is 9.79. The molecule has 1 heterocycles. The van der Waals surface area contributed by atoms with Crippen LogP contribution in [0.4, 0.5) is 5.69 Å². The van der Waals surface area contributed by atoms with Gasteiger partial charge in [-0.15, -0.1) is 0 Å². The molecule has 5 atom stereocenters. The van der Waals surface area contributed by atoms with Crippen LogP contribution in [0.5, 0.6) is 0 Å². The van der Waals surface area contributed by atoms with Gasteiger partial charge in [-0.05, 0) is 49.7 Å². The number of benzene rings is 1. The van der Waals surface area contributed by atoms with Gasteiger partial charge in [0, 0.05) is 56.8 Å². The average Bonchev–Trinajstić information content (AvgIpc) is 2.85. The highest BCUT2D eigenvalue weighted by atomic mass is 16.7. The molecule has 2 rings (SSSR count). The van der Waals surface area contributed by atoms with Gasteiger partial charge in [0.1, 0.15) is 0 Å². The molecule has 1 aromatic rings. The number of carbonyl (C=O) groups excluding carboxylic acids is 2. The lowest BCUT2D eigenvalue weighted by molar-refractivity contribution is -0.152. The van der Waals surface area contributed by atoms with Crippen molar-refractivity contribution in [3.05, 3.63) is 29.8 Å². The highest BCUT2D eigenvalue weighted by Crippen LogP contribution is 2.35. The van der Waals surface area contributed by atoms with Crippen molar-refractivity contribution in [1.82, 2.24) is 5.32 Å². The lowest BCUT2D eigenvalue weighted by Crippen LogP contribution is -2.47. The molecule has 0 bridgehead atoms. The summed E-state index contributed by atoms with van der Waals surface area (Å²) in [4.78, 5) is 27.8. The van der Waals surface area contributed by atoms with E-state index in [1.807, 2.05) is 50.8 Å². The SMILES string of the molecule is CCCCNC(=O)[C@H](C)C[C@H](O)[C@@H](N)CC(C)(C)CC(=O)N1C[C@@H]([C@H](OC)OCC)Cc2ccccc21. The van der Waals surface area contributed by atoms with Crippen LogP contribution in [0.25, 0.3) is 0 Å². The van der Waals surface area contributed by atoms with Gasteiger partial charge in [0.2, 0.25) is 11.8 Å². The highest BCUT2D eigenvalue weighted by Gasteiger charge is 2.36. The minimum Gasteiger partial charge on any atom is -0.391 e. The molecule has 0 radical (unpaired) electrons. The number of hydrogen-bond acceptors (Lipinski definition) is 6. The largest absolute Gasteiger partial charge is 0.391 e. The fraction of sp³-hybridized carbons (Fsp3) is 0.724. The molecular weight excluding hydrogens is 470 g/mol. The Bertz CT molecular complexity index is 862. The summed E-state index contributed by atoms with van der Waals surface area (Å²) in [5.74, 6) is -0.350. The Balaban J connectivity index is 2.02. The normalized spacial score (nSPS) is 19.0. The maximum atomic E-state index is 13.6. The highest BCUT2D eigenvalue weighted by molar-refractivity contribution is 5.95. The molecule has 37 heavy (non-hydrogen) atoms. The summed E-state index contributed by atoms with van der Waals surface area (Å²) < 4.78 is 11.4. The number of nitrogens with one attached hydrogen (secondary N) is 1. The maximum absolute atomic E-state index is 13.6. The molecule has 1 aliphatic heterocycles. The Kier molecular flexibility index (Phi) is 12.5. The first-order valence-corrected chi connectivity index (χ1v) is 13.8. The zero-order valence-corrected chi connectivity index (χ0v) is 23.7. The van der Waals surface area contributed by atoms with Crippen LogP contribution in [0.3, 0.4) is 0 Å². The Hall–Kier alpha value is -2.00. The minimum absolute atomic E-state index is 0.0128. The molecule has 0 aromatic heterocycles. The van der Waals surface area contributed by atoms with Crippen LogP contribution in [-0.4, -0.2) is 62.2 Å². The number of nitrogens with zero attached hydrogens (tertiary/aromatic N) is 1. The third-order valence-electron chi connectivity index (χ3n) is 7.22. The number of unbranched alkanes of at least 4 members (excludes halogenated alkanes) is 1. The number of amides is 2. The molecule has 4 N–H and O–H groups in total. The van der Waals surface area contributed by atoms with E-state index in [9.17, 15) is 14.7 Å². The van der Waals surface area contributed by atoms with E-state index in [-0.39, 0.29) is 36.4 Å². The van der Waals surface area contributed by atoms with Crippen molar-refractivity contribution in [2.75, 3.05) is 31.7 Å². The van der Waals surface area contributed by atoms with Gasteiger partial charge in [0.15, 0.2) is 6.29 Å². The molecule has 0 spiro atoms. The molecule has 2 amide bonds. The summed E-state index contributed by atoms with van der Waals surface area (Å²) in [7, 11) is 1.64. The molecule has 1 aliphatic rings. The van der Waals surface area contributed by atoms with E-state index in [1.165, 1.54) is 0 Å². The molecular formula is C29H49N3O5. The smallest absolute Gasteiger partial charge is 0.227 e. The number of anilines is 1. The van der Waals surface area contributed by atoms with Crippen molar-refractivity contribution in [1.29, 1.82) is 0 Å². The predicted octanol–water partition coefficient (Wildman–Crippen LogP) is 3.64. The van der Waals surface area contributed by atoms with Crippen molar-refractivity contribution in [2.24, 2.45) is 23.0 Å². The van der Waals surface area contributed by atoms with Gasteiger partial charge >= 0.3 is 0 Å². The zero-order chi connectivity index (χ0) is 27.6. The number of aliphatic hydroxyl groups excluding tert-OH is 1. The molecule has 0 saturated heterocycles. The first-order valence-electron chi connectivity index (χ1n) is 13.8. The summed E-state index contributed by atoms with van der Waals surface area (Å²) >= 11 is 0.